The fourth-order valence-electron chi connectivity index (χ4n) is 4.43. The molecule has 3 rings (SSSR count). The predicted octanol–water partition coefficient (Wildman–Crippen LogP) is 6.30. The first-order chi connectivity index (χ1) is 16.9. The minimum Gasteiger partial charge on any atom is -0.507 e. The quantitative estimate of drug-likeness (QED) is 0.193. The van der Waals surface area contributed by atoms with Crippen LogP contribution >= 0.6 is 15.9 Å². The van der Waals surface area contributed by atoms with Crippen molar-refractivity contribution < 1.29 is 19.1 Å². The molecule has 1 aliphatic heterocycles. The molecule has 0 spiro atoms. The fourth-order valence-corrected chi connectivity index (χ4v) is 4.69. The van der Waals surface area contributed by atoms with Gasteiger partial charge < -0.3 is 14.9 Å². The summed E-state index contributed by atoms with van der Waals surface area (Å²) in [5.41, 5.74) is 1.08. The van der Waals surface area contributed by atoms with E-state index in [9.17, 15) is 19.1 Å². The highest BCUT2D eigenvalue weighted by Crippen LogP contribution is 2.39. The van der Waals surface area contributed by atoms with Gasteiger partial charge in [0.2, 0.25) is 0 Å². The number of likely N-dealkylation sites (tertiary alicyclic amines) is 1. The molecule has 2 aromatic rings. The monoisotopic (exact) mass is 544 g/mol. The molecule has 0 radical (unpaired) electrons. The molecule has 1 amide bonds. The van der Waals surface area contributed by atoms with Gasteiger partial charge in [0.15, 0.2) is 0 Å². The smallest absolute Gasteiger partial charge is 0.295 e. The van der Waals surface area contributed by atoms with Crippen molar-refractivity contribution in [3.05, 3.63) is 75.5 Å². The number of hydrogen-bond acceptors (Lipinski definition) is 4. The zero-order chi connectivity index (χ0) is 25.4. The molecule has 0 bridgehead atoms. The summed E-state index contributed by atoms with van der Waals surface area (Å²) in [5, 5.41) is 11.1. The molecule has 5 nitrogen and oxygen atoms in total. The Morgan fingerprint density at radius 3 is 2.09 bits per heavy atom. The number of Topliss-reactive ketones (excluding diaryl/α,β-unsaturated/α-hetero) is 1. The molecule has 1 saturated heterocycles. The number of benzene rings is 2. The van der Waals surface area contributed by atoms with Crippen molar-refractivity contribution in [2.24, 2.45) is 0 Å². The third-order valence-electron chi connectivity index (χ3n) is 6.37. The van der Waals surface area contributed by atoms with Crippen LogP contribution in [0.15, 0.2) is 58.6 Å². The van der Waals surface area contributed by atoms with E-state index in [1.807, 2.05) is 24.3 Å². The normalized spacial score (nSPS) is 17.5. The number of unbranched alkanes of at least 4 members (excludes halogenated alkanes) is 2. The number of nitrogens with zero attached hydrogens (tertiary/aromatic N) is 2. The molecular formula is C28H34BrFN2O3. The summed E-state index contributed by atoms with van der Waals surface area (Å²) in [6.07, 6.45) is 5.24. The van der Waals surface area contributed by atoms with Crippen LogP contribution in [0.5, 0.6) is 0 Å². The van der Waals surface area contributed by atoms with E-state index in [0.29, 0.717) is 12.1 Å². The third kappa shape index (κ3) is 6.79. The summed E-state index contributed by atoms with van der Waals surface area (Å²) in [5.74, 6) is -2.06. The molecule has 0 unspecified atom stereocenters. The van der Waals surface area contributed by atoms with Crippen LogP contribution in [0.1, 0.15) is 63.1 Å². The van der Waals surface area contributed by atoms with Gasteiger partial charge in [-0.05, 0) is 80.9 Å². The largest absolute Gasteiger partial charge is 0.507 e. The number of ketones is 1. The Morgan fingerprint density at radius 1 is 0.943 bits per heavy atom. The van der Waals surface area contributed by atoms with Gasteiger partial charge in [-0.15, -0.1) is 0 Å². The fraction of sp³-hybridized carbons (Fsp3) is 0.429. The summed E-state index contributed by atoms with van der Waals surface area (Å²) in [7, 11) is 0. The summed E-state index contributed by atoms with van der Waals surface area (Å²) >= 11 is 3.43. The molecule has 1 atom stereocenters. The van der Waals surface area contributed by atoms with E-state index in [0.717, 1.165) is 61.8 Å². The van der Waals surface area contributed by atoms with Gasteiger partial charge in [-0.25, -0.2) is 4.39 Å². The van der Waals surface area contributed by atoms with Gasteiger partial charge in [0.05, 0.1) is 11.6 Å². The second-order valence-electron chi connectivity index (χ2n) is 8.95. The zero-order valence-corrected chi connectivity index (χ0v) is 22.1. The number of rotatable bonds is 12. The maximum Gasteiger partial charge on any atom is 0.295 e. The van der Waals surface area contributed by atoms with Crippen LogP contribution in [0.3, 0.4) is 0 Å². The highest BCUT2D eigenvalue weighted by Gasteiger charge is 2.45. The maximum absolute atomic E-state index is 13.4. The van der Waals surface area contributed by atoms with Crippen molar-refractivity contribution in [3.63, 3.8) is 0 Å². The molecule has 1 heterocycles. The molecule has 0 aliphatic carbocycles. The van der Waals surface area contributed by atoms with Gasteiger partial charge in [-0.2, -0.15) is 0 Å². The van der Waals surface area contributed by atoms with E-state index < -0.39 is 23.5 Å². The number of aliphatic hydroxyl groups excluding tert-OH is 1. The SMILES string of the molecule is CCCCN(CCCC)CCCN1C(=O)C(=O)C(=C(O)c2ccc(F)cc2)[C@H]1c1ccc(Br)cc1. The third-order valence-corrected chi connectivity index (χ3v) is 6.90. The summed E-state index contributed by atoms with van der Waals surface area (Å²) in [4.78, 5) is 30.2. The van der Waals surface area contributed by atoms with E-state index in [2.05, 4.69) is 34.7 Å². The van der Waals surface area contributed by atoms with Crippen molar-refractivity contribution in [2.45, 2.75) is 52.0 Å². The lowest BCUT2D eigenvalue weighted by Gasteiger charge is -2.27. The molecule has 7 heteroatoms. The van der Waals surface area contributed by atoms with E-state index in [1.165, 1.54) is 24.3 Å². The maximum atomic E-state index is 13.4. The van der Waals surface area contributed by atoms with Gasteiger partial charge in [0.1, 0.15) is 11.6 Å². The average molecular weight is 545 g/mol. The van der Waals surface area contributed by atoms with Gasteiger partial charge in [0.25, 0.3) is 11.7 Å². The molecule has 0 saturated carbocycles. The van der Waals surface area contributed by atoms with Crippen LogP contribution in [0.4, 0.5) is 4.39 Å². The molecule has 188 valence electrons. The van der Waals surface area contributed by atoms with E-state index in [-0.39, 0.29) is 11.3 Å². The Bertz CT molecular complexity index is 1030. The first-order valence-corrected chi connectivity index (χ1v) is 13.2. The highest BCUT2D eigenvalue weighted by atomic mass is 79.9. The Kier molecular flexibility index (Phi) is 10.0. The number of carbonyl (C=O) groups is 2. The van der Waals surface area contributed by atoms with Crippen LogP contribution in [0, 0.1) is 5.82 Å². The van der Waals surface area contributed by atoms with Crippen LogP contribution in [0.25, 0.3) is 5.76 Å². The summed E-state index contributed by atoms with van der Waals surface area (Å²) in [6.45, 7) is 7.65. The van der Waals surface area contributed by atoms with Crippen molar-refractivity contribution in [1.82, 2.24) is 9.80 Å². The van der Waals surface area contributed by atoms with Crippen molar-refractivity contribution in [3.8, 4) is 0 Å². The minimum absolute atomic E-state index is 0.0396. The molecule has 1 aliphatic rings. The molecule has 1 N–H and O–H groups in total. The van der Waals surface area contributed by atoms with E-state index in [1.54, 1.807) is 4.90 Å². The van der Waals surface area contributed by atoms with Gasteiger partial charge >= 0.3 is 0 Å². The Labute approximate surface area is 215 Å². The first-order valence-electron chi connectivity index (χ1n) is 12.4. The average Bonchev–Trinajstić information content (AvgIpc) is 3.10. The van der Waals surface area contributed by atoms with Crippen molar-refractivity contribution in [1.29, 1.82) is 0 Å². The molecule has 0 aromatic heterocycles. The Morgan fingerprint density at radius 2 is 1.51 bits per heavy atom. The van der Waals surface area contributed by atoms with Gasteiger partial charge in [0, 0.05) is 16.6 Å². The predicted molar refractivity (Wildman–Crippen MR) is 140 cm³/mol. The van der Waals surface area contributed by atoms with Crippen LogP contribution in [-0.4, -0.2) is 52.8 Å². The van der Waals surface area contributed by atoms with E-state index >= 15 is 0 Å². The summed E-state index contributed by atoms with van der Waals surface area (Å²) < 4.78 is 14.3. The topological polar surface area (TPSA) is 60.9 Å². The number of aliphatic hydroxyl groups is 1. The van der Waals surface area contributed by atoms with Crippen LogP contribution in [0.2, 0.25) is 0 Å². The molecule has 2 aromatic carbocycles. The van der Waals surface area contributed by atoms with Crippen LogP contribution in [-0.2, 0) is 9.59 Å². The lowest BCUT2D eigenvalue weighted by Crippen LogP contribution is -2.34. The zero-order valence-electron chi connectivity index (χ0n) is 20.5. The Hall–Kier alpha value is -2.51. The lowest BCUT2D eigenvalue weighted by molar-refractivity contribution is -0.140. The number of amides is 1. The van der Waals surface area contributed by atoms with Crippen LogP contribution < -0.4 is 0 Å². The number of halogens is 2. The highest BCUT2D eigenvalue weighted by molar-refractivity contribution is 9.10. The lowest BCUT2D eigenvalue weighted by atomic mass is 9.95. The van der Waals surface area contributed by atoms with E-state index in [4.69, 9.17) is 0 Å². The van der Waals surface area contributed by atoms with Crippen molar-refractivity contribution in [2.75, 3.05) is 26.2 Å². The minimum atomic E-state index is -0.714. The first kappa shape index (κ1) is 27.1. The van der Waals surface area contributed by atoms with Gasteiger partial charge in [-0.1, -0.05) is 54.8 Å². The number of carbonyl (C=O) groups excluding carboxylic acids is 2. The van der Waals surface area contributed by atoms with Gasteiger partial charge in [-0.3, -0.25) is 9.59 Å². The second kappa shape index (κ2) is 13.0. The standard InChI is InChI=1S/C28H34BrFN2O3/c1-3-5-16-31(17-6-4-2)18-7-19-32-25(20-8-12-22(29)13-9-20)24(27(34)28(32)35)26(33)21-10-14-23(30)15-11-21/h8-15,25,33H,3-7,16-19H2,1-2H3/t25-/m1/s1. The van der Waals surface area contributed by atoms with Crippen molar-refractivity contribution >= 4 is 33.4 Å². The second-order valence-corrected chi connectivity index (χ2v) is 9.87. The summed E-state index contributed by atoms with van der Waals surface area (Å²) in [6, 6.07) is 12.0. The molecule has 35 heavy (non-hydrogen) atoms. The molecular weight excluding hydrogens is 511 g/mol. The number of hydrogen-bond donors (Lipinski definition) is 1. The Balaban J connectivity index is 1.90. The molecule has 1 fully saturated rings.